The second-order valence-electron chi connectivity index (χ2n) is 12.7. The molecule has 0 unspecified atom stereocenters. The van der Waals surface area contributed by atoms with Crippen LogP contribution in [0.5, 0.6) is 5.75 Å². The van der Waals surface area contributed by atoms with Gasteiger partial charge in [0.25, 0.3) is 5.91 Å². The van der Waals surface area contributed by atoms with Crippen molar-refractivity contribution in [1.82, 2.24) is 10.6 Å². The summed E-state index contributed by atoms with van der Waals surface area (Å²) in [6.07, 6.45) is 4.79. The number of amides is 3. The molecule has 1 saturated carbocycles. The maximum atomic E-state index is 14.1. The van der Waals surface area contributed by atoms with E-state index in [1.165, 1.54) is 11.1 Å². The van der Waals surface area contributed by atoms with Gasteiger partial charge in [0.15, 0.2) is 5.60 Å². The topological polar surface area (TPSA) is 100 Å². The van der Waals surface area contributed by atoms with Crippen molar-refractivity contribution in [2.45, 2.75) is 70.1 Å². The predicted octanol–water partition coefficient (Wildman–Crippen LogP) is 3.23. The highest BCUT2D eigenvalue weighted by atomic mass is 16.5. The van der Waals surface area contributed by atoms with Crippen molar-refractivity contribution in [2.24, 2.45) is 11.8 Å². The largest absolute Gasteiger partial charge is 0.476 e. The van der Waals surface area contributed by atoms with Gasteiger partial charge in [0, 0.05) is 51.1 Å². The Morgan fingerprint density at radius 1 is 1.10 bits per heavy atom. The van der Waals surface area contributed by atoms with Crippen molar-refractivity contribution in [1.29, 1.82) is 0 Å². The molecule has 1 saturated heterocycles. The molecule has 2 atom stereocenters. The van der Waals surface area contributed by atoms with Gasteiger partial charge in [-0.25, -0.2) is 0 Å². The number of ether oxygens (including phenoxy) is 2. The average molecular weight is 575 g/mol. The number of methoxy groups -OCH3 is 1. The lowest BCUT2D eigenvalue weighted by Gasteiger charge is -2.39. The summed E-state index contributed by atoms with van der Waals surface area (Å²) >= 11 is 0. The highest BCUT2D eigenvalue weighted by Gasteiger charge is 2.43. The fourth-order valence-corrected chi connectivity index (χ4v) is 6.65. The van der Waals surface area contributed by atoms with Crippen LogP contribution in [0.15, 0.2) is 42.5 Å². The van der Waals surface area contributed by atoms with Gasteiger partial charge >= 0.3 is 0 Å². The molecule has 2 aromatic carbocycles. The van der Waals surface area contributed by atoms with Gasteiger partial charge < -0.3 is 29.9 Å². The molecule has 0 bridgehead atoms. The van der Waals surface area contributed by atoms with Crippen LogP contribution < -0.4 is 25.2 Å². The number of anilines is 2. The number of carbonyl (C=O) groups is 3. The number of fused-ring (bicyclic) bond motifs is 2. The third-order valence-corrected chi connectivity index (χ3v) is 8.98. The van der Waals surface area contributed by atoms with Crippen molar-refractivity contribution in [3.8, 4) is 5.75 Å². The van der Waals surface area contributed by atoms with Crippen LogP contribution >= 0.6 is 0 Å². The number of carbonyl (C=O) groups excluding carboxylic acids is 3. The van der Waals surface area contributed by atoms with Crippen molar-refractivity contribution >= 4 is 29.1 Å². The number of nitrogens with zero attached hydrogens (tertiary/aromatic N) is 2. The number of benzene rings is 2. The molecular formula is C33H42N4O5. The van der Waals surface area contributed by atoms with Gasteiger partial charge in [-0.1, -0.05) is 24.3 Å². The molecule has 2 fully saturated rings. The van der Waals surface area contributed by atoms with Gasteiger partial charge in [-0.15, -0.1) is 0 Å². The Balaban J connectivity index is 1.17. The molecule has 2 aliphatic carbocycles. The van der Waals surface area contributed by atoms with Gasteiger partial charge in [0.1, 0.15) is 5.75 Å². The van der Waals surface area contributed by atoms with E-state index >= 15 is 0 Å². The molecule has 2 heterocycles. The lowest BCUT2D eigenvalue weighted by molar-refractivity contribution is -0.132. The van der Waals surface area contributed by atoms with E-state index in [0.29, 0.717) is 50.5 Å². The summed E-state index contributed by atoms with van der Waals surface area (Å²) in [7, 11) is 1.65. The number of hydrogen-bond donors (Lipinski definition) is 2. The first-order chi connectivity index (χ1) is 20.2. The second kappa shape index (κ2) is 11.7. The van der Waals surface area contributed by atoms with E-state index in [0.717, 1.165) is 31.4 Å². The number of piperidine rings is 1. The summed E-state index contributed by atoms with van der Waals surface area (Å²) in [5.74, 6) is 0.0176. The Morgan fingerprint density at radius 3 is 2.50 bits per heavy atom. The van der Waals surface area contributed by atoms with Crippen LogP contribution in [0.1, 0.15) is 50.7 Å². The van der Waals surface area contributed by atoms with Crippen molar-refractivity contribution in [3.05, 3.63) is 53.6 Å². The quantitative estimate of drug-likeness (QED) is 0.446. The van der Waals surface area contributed by atoms with Crippen LogP contribution in [0.2, 0.25) is 0 Å². The Kier molecular flexibility index (Phi) is 7.98. The van der Waals surface area contributed by atoms with E-state index in [1.54, 1.807) is 25.9 Å². The molecule has 224 valence electrons. The molecule has 2 N–H and O–H groups in total. The Labute approximate surface area is 247 Å². The van der Waals surface area contributed by atoms with Gasteiger partial charge in [0.2, 0.25) is 11.8 Å². The maximum absolute atomic E-state index is 14.1. The summed E-state index contributed by atoms with van der Waals surface area (Å²) in [6, 6.07) is 14.3. The minimum atomic E-state index is -0.974. The zero-order valence-electron chi connectivity index (χ0n) is 24.9. The van der Waals surface area contributed by atoms with E-state index in [2.05, 4.69) is 22.8 Å². The molecule has 2 aliphatic heterocycles. The zero-order chi connectivity index (χ0) is 29.4. The highest BCUT2D eigenvalue weighted by molar-refractivity contribution is 6.04. The van der Waals surface area contributed by atoms with Crippen molar-refractivity contribution in [3.63, 3.8) is 0 Å². The summed E-state index contributed by atoms with van der Waals surface area (Å²) in [4.78, 5) is 44.4. The lowest BCUT2D eigenvalue weighted by Crippen LogP contribution is -2.53. The smallest absolute Gasteiger partial charge is 0.270 e. The van der Waals surface area contributed by atoms with Crippen LogP contribution in [-0.4, -0.2) is 68.8 Å². The molecule has 0 radical (unpaired) electrons. The highest BCUT2D eigenvalue weighted by Crippen LogP contribution is 2.43. The normalized spacial score (nSPS) is 23.1. The molecule has 4 aliphatic rings. The fraction of sp³-hybridized carbons (Fsp3) is 0.545. The van der Waals surface area contributed by atoms with Crippen LogP contribution in [0, 0.1) is 11.8 Å². The summed E-state index contributed by atoms with van der Waals surface area (Å²) in [5, 5.41) is 6.62. The molecule has 9 nitrogen and oxygen atoms in total. The number of hydrogen-bond acceptors (Lipinski definition) is 6. The van der Waals surface area contributed by atoms with Gasteiger partial charge in [0.05, 0.1) is 17.5 Å². The van der Waals surface area contributed by atoms with Crippen LogP contribution in [-0.2, 0) is 32.0 Å². The monoisotopic (exact) mass is 574 g/mol. The standard InChI is InChI=1S/C33H42N4O5/c1-33(2)32(40)36(13-6-14-41-3)28-18-27(11-12-29(28)42-33)37(26-9-10-26)31(39)24-15-23(19-34-20-24)30(38)35-25-16-21-7-4-5-8-22(21)17-25/h4-5,7-8,11-12,18,23-26,34H,6,9-10,13-17,19-20H2,1-3H3,(H,35,38)/t23-,24+/m0/s1. The fourth-order valence-electron chi connectivity index (χ4n) is 6.65. The van der Waals surface area contributed by atoms with E-state index in [1.807, 2.05) is 35.2 Å². The summed E-state index contributed by atoms with van der Waals surface area (Å²) < 4.78 is 11.3. The molecule has 3 amide bonds. The van der Waals surface area contributed by atoms with Crippen LogP contribution in [0.4, 0.5) is 11.4 Å². The van der Waals surface area contributed by atoms with Crippen LogP contribution in [0.3, 0.4) is 0 Å². The Hall–Kier alpha value is -3.43. The van der Waals surface area contributed by atoms with E-state index < -0.39 is 5.60 Å². The molecule has 2 aromatic rings. The first-order valence-electron chi connectivity index (χ1n) is 15.3. The third kappa shape index (κ3) is 5.77. The van der Waals surface area contributed by atoms with Crippen molar-refractivity contribution < 1.29 is 23.9 Å². The SMILES string of the molecule is COCCCN1C(=O)C(C)(C)Oc2ccc(N(C(=O)[C@H]3CNC[C@@H](C(=O)NC4Cc5ccccc5C4)C3)C3CC3)cc21. The molecular weight excluding hydrogens is 532 g/mol. The van der Waals surface area contributed by atoms with E-state index in [-0.39, 0.29) is 41.6 Å². The van der Waals surface area contributed by atoms with E-state index in [4.69, 9.17) is 9.47 Å². The summed E-state index contributed by atoms with van der Waals surface area (Å²) in [5.41, 5.74) is 3.08. The van der Waals surface area contributed by atoms with Gasteiger partial charge in [-0.2, -0.15) is 0 Å². The molecule has 6 rings (SSSR count). The van der Waals surface area contributed by atoms with Gasteiger partial charge in [-0.05, 0) is 81.7 Å². The molecule has 0 aromatic heterocycles. The Morgan fingerprint density at radius 2 is 1.81 bits per heavy atom. The van der Waals surface area contributed by atoms with Gasteiger partial charge in [-0.3, -0.25) is 14.4 Å². The second-order valence-corrected chi connectivity index (χ2v) is 12.7. The average Bonchev–Trinajstić information content (AvgIpc) is 3.73. The van der Waals surface area contributed by atoms with Crippen molar-refractivity contribution in [2.75, 3.05) is 43.2 Å². The Bertz CT molecular complexity index is 1330. The molecule has 0 spiro atoms. The minimum Gasteiger partial charge on any atom is -0.476 e. The lowest BCUT2D eigenvalue weighted by atomic mass is 9.88. The first kappa shape index (κ1) is 28.7. The maximum Gasteiger partial charge on any atom is 0.270 e. The first-order valence-corrected chi connectivity index (χ1v) is 15.3. The number of nitrogens with one attached hydrogen (secondary N) is 2. The minimum absolute atomic E-state index is 0.0227. The zero-order valence-corrected chi connectivity index (χ0v) is 24.9. The van der Waals surface area contributed by atoms with Crippen LogP contribution in [0.25, 0.3) is 0 Å². The number of rotatable bonds is 9. The molecule has 9 heteroatoms. The molecule has 42 heavy (non-hydrogen) atoms. The third-order valence-electron chi connectivity index (χ3n) is 8.98. The predicted molar refractivity (Wildman–Crippen MR) is 161 cm³/mol. The van der Waals surface area contributed by atoms with E-state index in [9.17, 15) is 14.4 Å². The summed E-state index contributed by atoms with van der Waals surface area (Å²) in [6.45, 7) is 5.73.